The third-order valence-electron chi connectivity index (χ3n) is 8.43. The quantitative estimate of drug-likeness (QED) is 0.0255. The fourth-order valence-corrected chi connectivity index (χ4v) is 5.49. The van der Waals surface area contributed by atoms with Gasteiger partial charge in [-0.15, -0.1) is 0 Å². The summed E-state index contributed by atoms with van der Waals surface area (Å²) >= 11 is 0. The molecule has 2 atom stereocenters. The summed E-state index contributed by atoms with van der Waals surface area (Å²) in [6.07, 6.45) is 36.9. The van der Waals surface area contributed by atoms with Crippen molar-refractivity contribution < 1.29 is 24.2 Å². The lowest BCUT2D eigenvalue weighted by Crippen LogP contribution is -2.35. The minimum Gasteiger partial charge on any atom is -0.435 e. The minimum atomic E-state index is -0.670. The van der Waals surface area contributed by atoms with Crippen molar-refractivity contribution in [3.63, 3.8) is 0 Å². The summed E-state index contributed by atoms with van der Waals surface area (Å²) in [6.45, 7) is 6.59. The largest absolute Gasteiger partial charge is 0.435 e. The molecule has 0 aliphatic heterocycles. The molecule has 44 heavy (non-hydrogen) atoms. The lowest BCUT2D eigenvalue weighted by atomic mass is 9.99. The predicted molar refractivity (Wildman–Crippen MR) is 187 cm³/mol. The molecule has 0 aliphatic rings. The molecule has 0 heterocycles. The molecule has 0 fully saturated rings. The zero-order valence-electron chi connectivity index (χ0n) is 29.3. The van der Waals surface area contributed by atoms with E-state index in [9.17, 15) is 14.7 Å². The van der Waals surface area contributed by atoms with Gasteiger partial charge in [-0.05, 0) is 64.2 Å². The lowest BCUT2D eigenvalue weighted by Gasteiger charge is -2.30. The van der Waals surface area contributed by atoms with Crippen molar-refractivity contribution in [1.82, 2.24) is 0 Å². The summed E-state index contributed by atoms with van der Waals surface area (Å²) in [5, 5.41) is 10.3. The number of ether oxygens (including phenoxy) is 2. The molecule has 0 aromatic rings. The first-order valence-electron chi connectivity index (χ1n) is 18.8. The number of rotatable bonds is 34. The Morgan fingerprint density at radius 1 is 0.614 bits per heavy atom. The number of unbranched alkanes of at least 4 members (excludes halogenated alkanes) is 16. The van der Waals surface area contributed by atoms with Crippen LogP contribution in [0.25, 0.3) is 0 Å². The van der Waals surface area contributed by atoms with Crippen LogP contribution in [-0.4, -0.2) is 36.4 Å². The molecule has 0 aliphatic carbocycles. The van der Waals surface area contributed by atoms with Crippen molar-refractivity contribution in [2.75, 3.05) is 6.61 Å². The van der Waals surface area contributed by atoms with Crippen LogP contribution in [0.3, 0.4) is 0 Å². The molecule has 0 radical (unpaired) electrons. The molecule has 0 bridgehead atoms. The summed E-state index contributed by atoms with van der Waals surface area (Å²) in [5.74, 6) is -0.386. The minimum absolute atomic E-state index is 0.0325. The van der Waals surface area contributed by atoms with Crippen LogP contribution in [0.15, 0.2) is 24.3 Å². The highest BCUT2D eigenvalue weighted by molar-refractivity contribution is 5.69. The van der Waals surface area contributed by atoms with Crippen LogP contribution in [0.2, 0.25) is 0 Å². The van der Waals surface area contributed by atoms with Gasteiger partial charge in [0.25, 0.3) is 0 Å². The topological polar surface area (TPSA) is 72.8 Å². The van der Waals surface area contributed by atoms with Gasteiger partial charge in [-0.25, -0.2) is 0 Å². The summed E-state index contributed by atoms with van der Waals surface area (Å²) in [5.41, 5.74) is 0. The number of aldehydes is 1. The number of carbonyl (C=O) groups excluding carboxylic acids is 2. The molecule has 0 amide bonds. The average Bonchev–Trinajstić information content (AvgIpc) is 3.03. The number of esters is 1. The number of hydrogen-bond donors (Lipinski definition) is 1. The SMILES string of the molecule is CCCCC/C=C\C/C=C\CCCCCCCC(=O)OC(OC(CCCC)CCCC)C(CO)CCCCCCCCC=O. The second-order valence-electron chi connectivity index (χ2n) is 12.7. The van der Waals surface area contributed by atoms with Crippen molar-refractivity contribution in [3.8, 4) is 0 Å². The van der Waals surface area contributed by atoms with Gasteiger partial charge >= 0.3 is 5.97 Å². The molecule has 1 N–H and O–H groups in total. The van der Waals surface area contributed by atoms with Crippen LogP contribution < -0.4 is 0 Å². The Balaban J connectivity index is 4.56. The van der Waals surface area contributed by atoms with Crippen molar-refractivity contribution in [2.45, 2.75) is 200 Å². The molecule has 0 aromatic heterocycles. The Hall–Kier alpha value is -1.46. The highest BCUT2D eigenvalue weighted by Gasteiger charge is 2.28. The molecule has 0 spiro atoms. The molecule has 0 rings (SSSR count). The second-order valence-corrected chi connectivity index (χ2v) is 12.7. The van der Waals surface area contributed by atoms with E-state index in [2.05, 4.69) is 45.1 Å². The van der Waals surface area contributed by atoms with Crippen LogP contribution in [0.4, 0.5) is 0 Å². The highest BCUT2D eigenvalue weighted by Crippen LogP contribution is 2.24. The third kappa shape index (κ3) is 28.0. The van der Waals surface area contributed by atoms with Crippen molar-refractivity contribution in [3.05, 3.63) is 24.3 Å². The standard InChI is InChI=1S/C39H72O5/c1-4-7-10-11-12-13-14-15-16-17-18-19-22-25-28-33-38(42)44-39(43-37(31-8-5-2)32-9-6-3)36(35-41)30-27-24-21-20-23-26-29-34-40/h12-13,15-16,34,36-37,39,41H,4-11,14,17-33,35H2,1-3H3/b13-12-,16-15-. The number of allylic oxidation sites excluding steroid dienone is 4. The molecular formula is C39H72O5. The van der Waals surface area contributed by atoms with Crippen LogP contribution in [0.1, 0.15) is 188 Å². The fraction of sp³-hybridized carbons (Fsp3) is 0.846. The molecule has 0 aromatic carbocycles. The van der Waals surface area contributed by atoms with Gasteiger partial charge in [0.2, 0.25) is 6.29 Å². The van der Waals surface area contributed by atoms with Gasteiger partial charge in [-0.1, -0.05) is 135 Å². The van der Waals surface area contributed by atoms with Crippen LogP contribution in [0, 0.1) is 5.92 Å². The molecule has 5 heteroatoms. The summed E-state index contributed by atoms with van der Waals surface area (Å²) in [4.78, 5) is 23.4. The molecule has 258 valence electrons. The average molecular weight is 621 g/mol. The summed E-state index contributed by atoms with van der Waals surface area (Å²) in [6, 6.07) is 0. The summed E-state index contributed by atoms with van der Waals surface area (Å²) < 4.78 is 12.4. The lowest BCUT2D eigenvalue weighted by molar-refractivity contribution is -0.211. The second kappa shape index (κ2) is 34.4. The number of carbonyl (C=O) groups is 2. The zero-order chi connectivity index (χ0) is 32.4. The van der Waals surface area contributed by atoms with Crippen LogP contribution in [0.5, 0.6) is 0 Å². The van der Waals surface area contributed by atoms with Gasteiger partial charge in [-0.3, -0.25) is 4.79 Å². The smallest absolute Gasteiger partial charge is 0.308 e. The van der Waals surface area contributed by atoms with E-state index in [4.69, 9.17) is 9.47 Å². The van der Waals surface area contributed by atoms with E-state index in [0.717, 1.165) is 122 Å². The number of hydrogen-bond acceptors (Lipinski definition) is 5. The Morgan fingerprint density at radius 3 is 1.70 bits per heavy atom. The maximum absolute atomic E-state index is 12.9. The van der Waals surface area contributed by atoms with Crippen LogP contribution in [-0.2, 0) is 19.1 Å². The van der Waals surface area contributed by atoms with Gasteiger partial charge < -0.3 is 19.4 Å². The Bertz CT molecular complexity index is 665. The van der Waals surface area contributed by atoms with Crippen molar-refractivity contribution in [2.24, 2.45) is 5.92 Å². The van der Waals surface area contributed by atoms with Gasteiger partial charge in [-0.2, -0.15) is 0 Å². The monoisotopic (exact) mass is 621 g/mol. The molecular weight excluding hydrogens is 548 g/mol. The first-order chi connectivity index (χ1) is 21.6. The van der Waals surface area contributed by atoms with Gasteiger partial charge in [0, 0.05) is 18.8 Å². The first kappa shape index (κ1) is 42.5. The van der Waals surface area contributed by atoms with Crippen molar-refractivity contribution >= 4 is 12.3 Å². The van der Waals surface area contributed by atoms with Crippen LogP contribution >= 0.6 is 0 Å². The van der Waals surface area contributed by atoms with E-state index in [1.54, 1.807) is 0 Å². The summed E-state index contributed by atoms with van der Waals surface area (Å²) in [7, 11) is 0. The van der Waals surface area contributed by atoms with E-state index >= 15 is 0 Å². The third-order valence-corrected chi connectivity index (χ3v) is 8.43. The van der Waals surface area contributed by atoms with Gasteiger partial charge in [0.05, 0.1) is 12.7 Å². The number of aliphatic hydroxyl groups excluding tert-OH is 1. The predicted octanol–water partition coefficient (Wildman–Crippen LogP) is 11.4. The van der Waals surface area contributed by atoms with Gasteiger partial charge in [0.1, 0.15) is 6.29 Å². The molecule has 5 nitrogen and oxygen atoms in total. The number of aliphatic hydroxyl groups is 1. The maximum Gasteiger partial charge on any atom is 0.308 e. The maximum atomic E-state index is 12.9. The normalized spacial score (nSPS) is 13.3. The Morgan fingerprint density at radius 2 is 1.14 bits per heavy atom. The zero-order valence-corrected chi connectivity index (χ0v) is 29.3. The Kier molecular flexibility index (Phi) is 33.3. The molecule has 0 saturated carbocycles. The van der Waals surface area contributed by atoms with E-state index in [-0.39, 0.29) is 24.6 Å². The molecule has 2 unspecified atom stereocenters. The molecule has 0 saturated heterocycles. The first-order valence-corrected chi connectivity index (χ1v) is 18.8. The van der Waals surface area contributed by atoms with Gasteiger partial charge in [0.15, 0.2) is 0 Å². The van der Waals surface area contributed by atoms with E-state index in [1.807, 2.05) is 0 Å². The van der Waals surface area contributed by atoms with E-state index < -0.39 is 6.29 Å². The van der Waals surface area contributed by atoms with Crippen molar-refractivity contribution in [1.29, 1.82) is 0 Å². The van der Waals surface area contributed by atoms with E-state index in [0.29, 0.717) is 12.8 Å². The Labute approximate surface area is 273 Å². The fourth-order valence-electron chi connectivity index (χ4n) is 5.49. The highest BCUT2D eigenvalue weighted by atomic mass is 16.7. The van der Waals surface area contributed by atoms with E-state index in [1.165, 1.54) is 38.5 Å².